The topological polar surface area (TPSA) is 32.3 Å². The Hall–Kier alpha value is -0.0800. The molecule has 0 heterocycles. The number of unbranched alkanes of at least 4 members (excludes halogenated alkanes) is 5. The summed E-state index contributed by atoms with van der Waals surface area (Å²) >= 11 is 0. The molecule has 0 radical (unpaired) electrons. The zero-order chi connectivity index (χ0) is 12.1. The van der Waals surface area contributed by atoms with Crippen LogP contribution in [0.1, 0.15) is 64.7 Å². The van der Waals surface area contributed by atoms with Crippen molar-refractivity contribution in [2.45, 2.75) is 64.7 Å². The molecule has 0 aromatic heterocycles. The van der Waals surface area contributed by atoms with Crippen LogP contribution in [-0.4, -0.2) is 25.3 Å². The minimum atomic E-state index is 0.364. The minimum Gasteiger partial charge on any atom is -0.396 e. The first-order chi connectivity index (χ1) is 7.85. The summed E-state index contributed by atoms with van der Waals surface area (Å²) in [4.78, 5) is 0. The van der Waals surface area contributed by atoms with Crippen LogP contribution >= 0.6 is 0 Å². The minimum absolute atomic E-state index is 0.364. The molecular formula is C14H31NO. The van der Waals surface area contributed by atoms with E-state index in [1.54, 1.807) is 0 Å². The highest BCUT2D eigenvalue weighted by Gasteiger charge is 2.04. The Morgan fingerprint density at radius 1 is 0.938 bits per heavy atom. The van der Waals surface area contributed by atoms with Crippen molar-refractivity contribution in [2.75, 3.05) is 20.2 Å². The van der Waals surface area contributed by atoms with Crippen LogP contribution in [0.5, 0.6) is 0 Å². The number of aliphatic hydroxyl groups is 1. The van der Waals surface area contributed by atoms with Gasteiger partial charge in [0.2, 0.25) is 0 Å². The van der Waals surface area contributed by atoms with Crippen molar-refractivity contribution in [1.29, 1.82) is 0 Å². The molecule has 0 aromatic rings. The van der Waals surface area contributed by atoms with Crippen LogP contribution in [0, 0.1) is 5.92 Å². The van der Waals surface area contributed by atoms with E-state index in [0.29, 0.717) is 6.61 Å². The summed E-state index contributed by atoms with van der Waals surface area (Å²) in [7, 11) is 2.02. The normalized spacial score (nSPS) is 12.9. The molecule has 0 bridgehead atoms. The maximum Gasteiger partial charge on any atom is 0.0433 e. The zero-order valence-electron chi connectivity index (χ0n) is 11.3. The van der Waals surface area contributed by atoms with Gasteiger partial charge < -0.3 is 10.4 Å². The predicted molar refractivity (Wildman–Crippen MR) is 71.7 cm³/mol. The first-order valence-electron chi connectivity index (χ1n) is 7.10. The maximum atomic E-state index is 8.89. The van der Waals surface area contributed by atoms with Gasteiger partial charge in [-0.25, -0.2) is 0 Å². The highest BCUT2D eigenvalue weighted by Crippen LogP contribution is 2.17. The molecule has 0 rings (SSSR count). The second kappa shape index (κ2) is 13.0. The van der Waals surface area contributed by atoms with Gasteiger partial charge >= 0.3 is 0 Å². The van der Waals surface area contributed by atoms with Crippen LogP contribution in [0.4, 0.5) is 0 Å². The SMILES string of the molecule is CCC(CCO)CCCCCCCCNC. The lowest BCUT2D eigenvalue weighted by Crippen LogP contribution is -2.06. The molecule has 0 spiro atoms. The van der Waals surface area contributed by atoms with E-state index in [1.807, 2.05) is 7.05 Å². The molecule has 2 heteroatoms. The third kappa shape index (κ3) is 10.4. The molecule has 98 valence electrons. The fraction of sp³-hybridized carbons (Fsp3) is 1.00. The van der Waals surface area contributed by atoms with E-state index in [9.17, 15) is 0 Å². The van der Waals surface area contributed by atoms with Crippen molar-refractivity contribution in [3.05, 3.63) is 0 Å². The molecule has 2 N–H and O–H groups in total. The van der Waals surface area contributed by atoms with Crippen LogP contribution in [0.25, 0.3) is 0 Å². The van der Waals surface area contributed by atoms with E-state index in [4.69, 9.17) is 5.11 Å². The van der Waals surface area contributed by atoms with E-state index in [1.165, 1.54) is 51.4 Å². The summed E-state index contributed by atoms with van der Waals surface area (Å²) in [5.41, 5.74) is 0. The van der Waals surface area contributed by atoms with Gasteiger partial charge in [0.1, 0.15) is 0 Å². The highest BCUT2D eigenvalue weighted by atomic mass is 16.3. The predicted octanol–water partition coefficient (Wildman–Crippen LogP) is 3.35. The quantitative estimate of drug-likeness (QED) is 0.503. The third-order valence-corrected chi connectivity index (χ3v) is 3.40. The lowest BCUT2D eigenvalue weighted by Gasteiger charge is -2.12. The van der Waals surface area contributed by atoms with Crippen molar-refractivity contribution in [3.63, 3.8) is 0 Å². The summed E-state index contributed by atoms with van der Waals surface area (Å²) in [6.07, 6.45) is 11.7. The number of rotatable bonds is 12. The Balaban J connectivity index is 3.12. The molecule has 0 saturated carbocycles. The summed E-state index contributed by atoms with van der Waals surface area (Å²) in [6, 6.07) is 0. The standard InChI is InChI=1S/C14H31NO/c1-3-14(11-13-16)10-8-6-4-5-7-9-12-15-2/h14-16H,3-13H2,1-2H3. The lowest BCUT2D eigenvalue weighted by atomic mass is 9.95. The summed E-state index contributed by atoms with van der Waals surface area (Å²) in [6.45, 7) is 3.76. The smallest absolute Gasteiger partial charge is 0.0433 e. The van der Waals surface area contributed by atoms with Crippen LogP contribution in [0.2, 0.25) is 0 Å². The number of nitrogens with one attached hydrogen (secondary N) is 1. The third-order valence-electron chi connectivity index (χ3n) is 3.40. The van der Waals surface area contributed by atoms with Gasteiger partial charge in [-0.3, -0.25) is 0 Å². The maximum absolute atomic E-state index is 8.89. The molecule has 0 aromatic carbocycles. The lowest BCUT2D eigenvalue weighted by molar-refractivity contribution is 0.247. The Morgan fingerprint density at radius 2 is 1.56 bits per heavy atom. The Morgan fingerprint density at radius 3 is 2.12 bits per heavy atom. The van der Waals surface area contributed by atoms with Gasteiger partial charge in [0.15, 0.2) is 0 Å². The van der Waals surface area contributed by atoms with Crippen LogP contribution in [0.3, 0.4) is 0 Å². The zero-order valence-corrected chi connectivity index (χ0v) is 11.3. The second-order valence-electron chi connectivity index (χ2n) is 4.80. The van der Waals surface area contributed by atoms with Crippen molar-refractivity contribution in [1.82, 2.24) is 5.32 Å². The van der Waals surface area contributed by atoms with E-state index < -0.39 is 0 Å². The Bertz CT molecular complexity index is 128. The average Bonchev–Trinajstić information content (AvgIpc) is 2.31. The van der Waals surface area contributed by atoms with Gasteiger partial charge in [-0.05, 0) is 32.4 Å². The van der Waals surface area contributed by atoms with Crippen LogP contribution in [-0.2, 0) is 0 Å². The van der Waals surface area contributed by atoms with Crippen molar-refractivity contribution >= 4 is 0 Å². The van der Waals surface area contributed by atoms with E-state index in [2.05, 4.69) is 12.2 Å². The molecule has 0 aliphatic heterocycles. The number of hydrogen-bond acceptors (Lipinski definition) is 2. The molecule has 16 heavy (non-hydrogen) atoms. The summed E-state index contributed by atoms with van der Waals surface area (Å²) in [5.74, 6) is 0.759. The van der Waals surface area contributed by atoms with Gasteiger partial charge in [-0.1, -0.05) is 51.9 Å². The monoisotopic (exact) mass is 229 g/mol. The van der Waals surface area contributed by atoms with Crippen molar-refractivity contribution < 1.29 is 5.11 Å². The van der Waals surface area contributed by atoms with E-state index >= 15 is 0 Å². The summed E-state index contributed by atoms with van der Waals surface area (Å²) in [5, 5.41) is 12.1. The van der Waals surface area contributed by atoms with Gasteiger partial charge in [0.05, 0.1) is 0 Å². The first kappa shape index (κ1) is 15.9. The first-order valence-corrected chi connectivity index (χ1v) is 7.10. The molecule has 1 atom stereocenters. The second-order valence-corrected chi connectivity index (χ2v) is 4.80. The molecule has 2 nitrogen and oxygen atoms in total. The Labute approximate surface area is 102 Å². The number of aliphatic hydroxyl groups excluding tert-OH is 1. The molecule has 1 unspecified atom stereocenters. The largest absolute Gasteiger partial charge is 0.396 e. The van der Waals surface area contributed by atoms with Crippen LogP contribution < -0.4 is 5.32 Å². The number of hydrogen-bond donors (Lipinski definition) is 2. The molecule has 0 amide bonds. The van der Waals surface area contributed by atoms with Gasteiger partial charge in [0.25, 0.3) is 0 Å². The van der Waals surface area contributed by atoms with Crippen molar-refractivity contribution in [3.8, 4) is 0 Å². The highest BCUT2D eigenvalue weighted by molar-refractivity contribution is 4.57. The molecule has 0 fully saturated rings. The van der Waals surface area contributed by atoms with Gasteiger partial charge in [-0.15, -0.1) is 0 Å². The van der Waals surface area contributed by atoms with E-state index in [-0.39, 0.29) is 0 Å². The Kier molecular flexibility index (Phi) is 12.9. The van der Waals surface area contributed by atoms with Gasteiger partial charge in [-0.2, -0.15) is 0 Å². The van der Waals surface area contributed by atoms with E-state index in [0.717, 1.165) is 18.9 Å². The fourth-order valence-electron chi connectivity index (χ4n) is 2.18. The molecule has 0 aliphatic rings. The van der Waals surface area contributed by atoms with Crippen molar-refractivity contribution in [2.24, 2.45) is 5.92 Å². The average molecular weight is 229 g/mol. The molecule has 0 saturated heterocycles. The van der Waals surface area contributed by atoms with Gasteiger partial charge in [0, 0.05) is 6.61 Å². The van der Waals surface area contributed by atoms with Crippen LogP contribution in [0.15, 0.2) is 0 Å². The molecule has 0 aliphatic carbocycles. The fourth-order valence-corrected chi connectivity index (χ4v) is 2.18. The molecular weight excluding hydrogens is 198 g/mol. The summed E-state index contributed by atoms with van der Waals surface area (Å²) < 4.78 is 0.